The number of carbonyl (C=O) groups excluding carboxylic acids is 1. The van der Waals surface area contributed by atoms with Gasteiger partial charge in [0.25, 0.3) is 0 Å². The molecule has 0 unspecified atom stereocenters. The molecule has 0 heterocycles. The molecule has 0 aliphatic carbocycles. The van der Waals surface area contributed by atoms with Crippen LogP contribution >= 0.6 is 0 Å². The fourth-order valence-electron chi connectivity index (χ4n) is 2.41. The minimum Gasteiger partial charge on any atom is -0.500 e. The minimum atomic E-state index is 0.0420. The maximum absolute atomic E-state index is 12.7. The van der Waals surface area contributed by atoms with E-state index in [9.17, 15) is 4.79 Å². The molecule has 0 fully saturated rings. The molecule has 0 aliphatic rings. The Bertz CT molecular complexity index is 665. The maximum atomic E-state index is 12.7. The minimum absolute atomic E-state index is 0.0420. The molecule has 0 radical (unpaired) electrons. The van der Waals surface area contributed by atoms with Crippen molar-refractivity contribution < 1.29 is 9.53 Å². The van der Waals surface area contributed by atoms with Crippen molar-refractivity contribution in [3.05, 3.63) is 91.2 Å². The molecule has 2 aromatic carbocycles. The van der Waals surface area contributed by atoms with Crippen LogP contribution in [0.15, 0.2) is 80.1 Å². The van der Waals surface area contributed by atoms with E-state index < -0.39 is 0 Å². The third-order valence-corrected chi connectivity index (χ3v) is 3.71. The zero-order valence-electron chi connectivity index (χ0n) is 13.9. The number of benzene rings is 2. The van der Waals surface area contributed by atoms with Crippen molar-refractivity contribution in [3.63, 3.8) is 0 Å². The second kappa shape index (κ2) is 9.36. The summed E-state index contributed by atoms with van der Waals surface area (Å²) >= 11 is 0. The van der Waals surface area contributed by atoms with Crippen molar-refractivity contribution in [2.24, 2.45) is 0 Å². The summed E-state index contributed by atoms with van der Waals surface area (Å²) in [5, 5.41) is 0. The van der Waals surface area contributed by atoms with Crippen LogP contribution in [-0.2, 0) is 16.1 Å². The molecule has 0 saturated carbocycles. The second-order valence-electron chi connectivity index (χ2n) is 5.48. The molecule has 124 valence electrons. The lowest BCUT2D eigenvalue weighted by atomic mass is 10.0. The Labute approximate surface area is 143 Å². The summed E-state index contributed by atoms with van der Waals surface area (Å²) in [6, 6.07) is 19.7. The molecule has 1 amide bonds. The van der Waals surface area contributed by atoms with Crippen LogP contribution in [0.3, 0.4) is 0 Å². The van der Waals surface area contributed by atoms with E-state index in [1.807, 2.05) is 60.7 Å². The van der Waals surface area contributed by atoms with Gasteiger partial charge in [-0.1, -0.05) is 73.8 Å². The van der Waals surface area contributed by atoms with E-state index in [-0.39, 0.29) is 5.91 Å². The van der Waals surface area contributed by atoms with E-state index in [4.69, 9.17) is 4.74 Å². The molecule has 0 bridgehead atoms. The SMILES string of the molecule is C=COCCN(Cc1ccccc1)C(=O)CC(=C)c1ccccc1. The summed E-state index contributed by atoms with van der Waals surface area (Å²) in [5.41, 5.74) is 2.91. The first-order valence-electron chi connectivity index (χ1n) is 7.98. The summed E-state index contributed by atoms with van der Waals surface area (Å²) in [5.74, 6) is 0.0420. The van der Waals surface area contributed by atoms with Crippen LogP contribution in [0.1, 0.15) is 17.5 Å². The summed E-state index contributed by atoms with van der Waals surface area (Å²) in [7, 11) is 0. The highest BCUT2D eigenvalue weighted by Gasteiger charge is 2.15. The van der Waals surface area contributed by atoms with Gasteiger partial charge in [0.05, 0.1) is 19.2 Å². The summed E-state index contributed by atoms with van der Waals surface area (Å²) in [4.78, 5) is 14.5. The van der Waals surface area contributed by atoms with Gasteiger partial charge in [-0.3, -0.25) is 4.79 Å². The molecular weight excluding hydrogens is 298 g/mol. The first kappa shape index (κ1) is 17.5. The van der Waals surface area contributed by atoms with Crippen molar-refractivity contribution in [2.45, 2.75) is 13.0 Å². The second-order valence-corrected chi connectivity index (χ2v) is 5.48. The van der Waals surface area contributed by atoms with Gasteiger partial charge < -0.3 is 9.64 Å². The lowest BCUT2D eigenvalue weighted by molar-refractivity contribution is -0.131. The van der Waals surface area contributed by atoms with Crippen molar-refractivity contribution in [3.8, 4) is 0 Å². The number of ether oxygens (including phenoxy) is 1. The molecule has 0 spiro atoms. The average Bonchev–Trinajstić information content (AvgIpc) is 2.62. The molecule has 2 aromatic rings. The first-order chi connectivity index (χ1) is 11.7. The van der Waals surface area contributed by atoms with Gasteiger partial charge in [-0.15, -0.1) is 0 Å². The van der Waals surface area contributed by atoms with E-state index >= 15 is 0 Å². The van der Waals surface area contributed by atoms with Crippen LogP contribution in [0.5, 0.6) is 0 Å². The number of hydrogen-bond acceptors (Lipinski definition) is 2. The van der Waals surface area contributed by atoms with Gasteiger partial charge in [0.1, 0.15) is 6.61 Å². The number of rotatable bonds is 9. The molecule has 0 N–H and O–H groups in total. The van der Waals surface area contributed by atoms with Gasteiger partial charge in [-0.2, -0.15) is 0 Å². The van der Waals surface area contributed by atoms with Gasteiger partial charge >= 0.3 is 0 Å². The van der Waals surface area contributed by atoms with Crippen molar-refractivity contribution in [1.29, 1.82) is 0 Å². The summed E-state index contributed by atoms with van der Waals surface area (Å²) in [6.45, 7) is 9.09. The Kier molecular flexibility index (Phi) is 6.84. The third kappa shape index (κ3) is 5.43. The largest absolute Gasteiger partial charge is 0.500 e. The van der Waals surface area contributed by atoms with Crippen molar-refractivity contribution >= 4 is 11.5 Å². The quantitative estimate of drug-likeness (QED) is 0.509. The van der Waals surface area contributed by atoms with Crippen LogP contribution in [0.4, 0.5) is 0 Å². The molecule has 3 heteroatoms. The predicted molar refractivity (Wildman–Crippen MR) is 98.1 cm³/mol. The standard InChI is InChI=1S/C21H23NO2/c1-3-24-15-14-22(17-19-10-6-4-7-11-19)21(23)16-18(2)20-12-8-5-9-13-20/h3-13H,1-2,14-17H2. The lowest BCUT2D eigenvalue weighted by Gasteiger charge is -2.23. The van der Waals surface area contributed by atoms with Gasteiger partial charge in [0, 0.05) is 6.54 Å². The normalized spacial score (nSPS) is 10.0. The van der Waals surface area contributed by atoms with Crippen molar-refractivity contribution in [2.75, 3.05) is 13.2 Å². The zero-order valence-corrected chi connectivity index (χ0v) is 13.9. The molecule has 0 atom stereocenters. The number of amides is 1. The molecule has 0 saturated heterocycles. The van der Waals surface area contributed by atoms with E-state index in [2.05, 4.69) is 13.2 Å². The fraction of sp³-hybridized carbons (Fsp3) is 0.190. The number of nitrogens with zero attached hydrogens (tertiary/aromatic N) is 1. The lowest BCUT2D eigenvalue weighted by Crippen LogP contribution is -2.33. The monoisotopic (exact) mass is 321 g/mol. The van der Waals surface area contributed by atoms with E-state index in [0.717, 1.165) is 16.7 Å². The van der Waals surface area contributed by atoms with Crippen LogP contribution < -0.4 is 0 Å². The van der Waals surface area contributed by atoms with Crippen LogP contribution in [0.2, 0.25) is 0 Å². The molecule has 2 rings (SSSR count). The van der Waals surface area contributed by atoms with E-state index in [1.54, 1.807) is 4.90 Å². The zero-order chi connectivity index (χ0) is 17.2. The van der Waals surface area contributed by atoms with E-state index in [1.165, 1.54) is 6.26 Å². The Morgan fingerprint density at radius 3 is 2.29 bits per heavy atom. The van der Waals surface area contributed by atoms with Gasteiger partial charge in [0.15, 0.2) is 0 Å². The topological polar surface area (TPSA) is 29.5 Å². The average molecular weight is 321 g/mol. The summed E-state index contributed by atoms with van der Waals surface area (Å²) < 4.78 is 5.19. The fourth-order valence-corrected chi connectivity index (χ4v) is 2.41. The Hall–Kier alpha value is -2.81. The smallest absolute Gasteiger partial charge is 0.227 e. The van der Waals surface area contributed by atoms with Crippen LogP contribution in [0, 0.1) is 0 Å². The number of carbonyl (C=O) groups is 1. The highest BCUT2D eigenvalue weighted by atomic mass is 16.5. The summed E-state index contributed by atoms with van der Waals surface area (Å²) in [6.07, 6.45) is 1.69. The maximum Gasteiger partial charge on any atom is 0.227 e. The van der Waals surface area contributed by atoms with Gasteiger partial charge in [-0.05, 0) is 16.7 Å². The molecular formula is C21H23NO2. The highest BCUT2D eigenvalue weighted by Crippen LogP contribution is 2.17. The Morgan fingerprint density at radius 1 is 1.04 bits per heavy atom. The van der Waals surface area contributed by atoms with E-state index in [0.29, 0.717) is 26.1 Å². The predicted octanol–water partition coefficient (Wildman–Crippen LogP) is 4.28. The third-order valence-electron chi connectivity index (χ3n) is 3.71. The van der Waals surface area contributed by atoms with Crippen LogP contribution in [0.25, 0.3) is 5.57 Å². The highest BCUT2D eigenvalue weighted by molar-refractivity contribution is 5.88. The molecule has 24 heavy (non-hydrogen) atoms. The Balaban J connectivity index is 2.03. The number of hydrogen-bond donors (Lipinski definition) is 0. The van der Waals surface area contributed by atoms with Gasteiger partial charge in [0.2, 0.25) is 5.91 Å². The van der Waals surface area contributed by atoms with Gasteiger partial charge in [-0.25, -0.2) is 0 Å². The van der Waals surface area contributed by atoms with Crippen LogP contribution in [-0.4, -0.2) is 24.0 Å². The molecule has 0 aliphatic heterocycles. The molecule has 0 aromatic heterocycles. The Morgan fingerprint density at radius 2 is 1.67 bits per heavy atom. The van der Waals surface area contributed by atoms with Crippen molar-refractivity contribution in [1.82, 2.24) is 4.90 Å². The molecule has 3 nitrogen and oxygen atoms in total. The first-order valence-corrected chi connectivity index (χ1v) is 7.98.